The van der Waals surface area contributed by atoms with Crippen LogP contribution in [0.25, 0.3) is 0 Å². The summed E-state index contributed by atoms with van der Waals surface area (Å²) in [6.07, 6.45) is 2.25. The molecule has 0 aliphatic carbocycles. The molecule has 1 saturated heterocycles. The van der Waals surface area contributed by atoms with E-state index < -0.39 is 0 Å². The van der Waals surface area contributed by atoms with Crippen LogP contribution in [0.2, 0.25) is 0 Å². The van der Waals surface area contributed by atoms with E-state index >= 15 is 0 Å². The van der Waals surface area contributed by atoms with Crippen molar-refractivity contribution in [2.24, 2.45) is 11.3 Å². The fraction of sp³-hybridized carbons (Fsp3) is 0.929. The van der Waals surface area contributed by atoms with Crippen LogP contribution in [-0.4, -0.2) is 29.6 Å². The Hall–Kier alpha value is -0.570. The van der Waals surface area contributed by atoms with Gasteiger partial charge in [0.05, 0.1) is 12.2 Å². The molecule has 100 valence electrons. The largest absolute Gasteiger partial charge is 0.325 e. The van der Waals surface area contributed by atoms with Crippen molar-refractivity contribution >= 4 is 5.91 Å². The van der Waals surface area contributed by atoms with Gasteiger partial charge in [0.25, 0.3) is 0 Å². The highest BCUT2D eigenvalue weighted by Gasteiger charge is 2.41. The van der Waals surface area contributed by atoms with Gasteiger partial charge in [0.1, 0.15) is 0 Å². The third-order valence-corrected chi connectivity index (χ3v) is 3.54. The first-order chi connectivity index (χ1) is 7.80. The lowest BCUT2D eigenvalue weighted by atomic mass is 9.95. The van der Waals surface area contributed by atoms with Crippen LogP contribution in [-0.2, 0) is 4.79 Å². The number of nitrogens with zero attached hydrogens (tertiary/aromatic N) is 1. The van der Waals surface area contributed by atoms with Gasteiger partial charge in [-0.15, -0.1) is 0 Å². The van der Waals surface area contributed by atoms with E-state index in [1.807, 2.05) is 4.90 Å². The molecule has 0 radical (unpaired) electrons. The molecule has 0 spiro atoms. The van der Waals surface area contributed by atoms with Gasteiger partial charge >= 0.3 is 0 Å². The standard InChI is InChI=1S/C14H28N2O/c1-7-10(3)12-13(17)16(9-14(4,5)6)11(8-2)15-12/h10-12,15H,7-9H2,1-6H3. The van der Waals surface area contributed by atoms with E-state index in [9.17, 15) is 4.79 Å². The number of rotatable bonds is 4. The molecule has 1 heterocycles. The summed E-state index contributed by atoms with van der Waals surface area (Å²) in [7, 11) is 0. The number of nitrogens with one attached hydrogen (secondary N) is 1. The Bertz CT molecular complexity index is 270. The van der Waals surface area contributed by atoms with Crippen molar-refractivity contribution in [1.82, 2.24) is 10.2 Å². The Balaban J connectivity index is 2.79. The molecule has 1 aliphatic rings. The predicted octanol–water partition coefficient (Wildman–Crippen LogP) is 2.62. The van der Waals surface area contributed by atoms with Crippen LogP contribution in [0.5, 0.6) is 0 Å². The molecule has 0 aromatic heterocycles. The first-order valence-corrected chi connectivity index (χ1v) is 6.86. The van der Waals surface area contributed by atoms with E-state index in [0.717, 1.165) is 19.4 Å². The molecule has 17 heavy (non-hydrogen) atoms. The highest BCUT2D eigenvalue weighted by Crippen LogP contribution is 2.25. The van der Waals surface area contributed by atoms with E-state index in [0.29, 0.717) is 11.8 Å². The molecule has 0 aromatic carbocycles. The smallest absolute Gasteiger partial charge is 0.241 e. The van der Waals surface area contributed by atoms with E-state index in [1.165, 1.54) is 0 Å². The van der Waals surface area contributed by atoms with Crippen LogP contribution in [0.1, 0.15) is 54.4 Å². The number of amides is 1. The van der Waals surface area contributed by atoms with E-state index in [1.54, 1.807) is 0 Å². The SMILES string of the molecule is CCC(C)C1NC(CC)N(CC(C)(C)C)C1=O. The van der Waals surface area contributed by atoms with Crippen molar-refractivity contribution in [2.75, 3.05) is 6.54 Å². The zero-order valence-corrected chi connectivity index (χ0v) is 12.2. The van der Waals surface area contributed by atoms with Gasteiger partial charge in [-0.1, -0.05) is 48.0 Å². The molecule has 3 nitrogen and oxygen atoms in total. The van der Waals surface area contributed by atoms with Gasteiger partial charge in [-0.3, -0.25) is 10.1 Å². The van der Waals surface area contributed by atoms with E-state index in [4.69, 9.17) is 0 Å². The lowest BCUT2D eigenvalue weighted by Crippen LogP contribution is -2.41. The summed E-state index contributed by atoms with van der Waals surface area (Å²) >= 11 is 0. The minimum atomic E-state index is 0.0206. The second kappa shape index (κ2) is 5.38. The number of carbonyl (C=O) groups is 1. The quantitative estimate of drug-likeness (QED) is 0.819. The second-order valence-corrected chi connectivity index (χ2v) is 6.48. The maximum absolute atomic E-state index is 12.4. The Labute approximate surface area is 106 Å². The lowest BCUT2D eigenvalue weighted by Gasteiger charge is -2.30. The molecule has 1 amide bonds. The molecular weight excluding hydrogens is 212 g/mol. The normalized spacial score (nSPS) is 27.6. The summed E-state index contributed by atoms with van der Waals surface area (Å²) in [6, 6.07) is 0.0206. The fourth-order valence-corrected chi connectivity index (χ4v) is 2.38. The van der Waals surface area contributed by atoms with Gasteiger partial charge in [-0.25, -0.2) is 0 Å². The predicted molar refractivity (Wildman–Crippen MR) is 71.6 cm³/mol. The van der Waals surface area contributed by atoms with Gasteiger partial charge in [-0.2, -0.15) is 0 Å². The first kappa shape index (κ1) is 14.5. The topological polar surface area (TPSA) is 32.3 Å². The van der Waals surface area contributed by atoms with Gasteiger partial charge < -0.3 is 4.90 Å². The van der Waals surface area contributed by atoms with Crippen LogP contribution in [0.3, 0.4) is 0 Å². The Morgan fingerprint density at radius 2 is 1.94 bits per heavy atom. The van der Waals surface area contributed by atoms with Crippen molar-refractivity contribution in [3.63, 3.8) is 0 Å². The zero-order chi connectivity index (χ0) is 13.2. The molecule has 1 N–H and O–H groups in total. The summed E-state index contributed by atoms with van der Waals surface area (Å²) in [5, 5.41) is 3.49. The monoisotopic (exact) mass is 240 g/mol. The van der Waals surface area contributed by atoms with Crippen molar-refractivity contribution in [3.05, 3.63) is 0 Å². The van der Waals surface area contributed by atoms with Gasteiger partial charge in [0, 0.05) is 6.54 Å². The summed E-state index contributed by atoms with van der Waals surface area (Å²) in [4.78, 5) is 14.5. The summed E-state index contributed by atoms with van der Waals surface area (Å²) < 4.78 is 0. The second-order valence-electron chi connectivity index (χ2n) is 6.48. The Kier molecular flexibility index (Phi) is 4.59. The third-order valence-electron chi connectivity index (χ3n) is 3.54. The average Bonchev–Trinajstić information content (AvgIpc) is 2.53. The molecule has 3 unspecified atom stereocenters. The molecule has 1 rings (SSSR count). The average molecular weight is 240 g/mol. The van der Waals surface area contributed by atoms with Crippen LogP contribution >= 0.6 is 0 Å². The van der Waals surface area contributed by atoms with Gasteiger partial charge in [-0.05, 0) is 17.8 Å². The van der Waals surface area contributed by atoms with Crippen LogP contribution in [0.15, 0.2) is 0 Å². The Morgan fingerprint density at radius 3 is 2.35 bits per heavy atom. The highest BCUT2D eigenvalue weighted by atomic mass is 16.2. The van der Waals surface area contributed by atoms with Crippen molar-refractivity contribution in [2.45, 2.75) is 66.6 Å². The number of carbonyl (C=O) groups excluding carboxylic acids is 1. The molecule has 0 bridgehead atoms. The highest BCUT2D eigenvalue weighted by molar-refractivity contribution is 5.84. The molecule has 3 atom stereocenters. The van der Waals surface area contributed by atoms with Crippen molar-refractivity contribution in [1.29, 1.82) is 0 Å². The molecule has 0 aromatic rings. The summed E-state index contributed by atoms with van der Waals surface area (Å²) in [5.74, 6) is 0.711. The minimum Gasteiger partial charge on any atom is -0.325 e. The molecule has 3 heteroatoms. The maximum atomic E-state index is 12.4. The van der Waals surface area contributed by atoms with Crippen LogP contribution in [0.4, 0.5) is 0 Å². The zero-order valence-electron chi connectivity index (χ0n) is 12.2. The number of hydrogen-bond acceptors (Lipinski definition) is 2. The Morgan fingerprint density at radius 1 is 1.35 bits per heavy atom. The van der Waals surface area contributed by atoms with Crippen LogP contribution in [0, 0.1) is 11.3 Å². The van der Waals surface area contributed by atoms with Gasteiger partial charge in [0.2, 0.25) is 5.91 Å². The van der Waals surface area contributed by atoms with Crippen LogP contribution < -0.4 is 5.32 Å². The van der Waals surface area contributed by atoms with Crippen molar-refractivity contribution < 1.29 is 4.79 Å². The lowest BCUT2D eigenvalue weighted by molar-refractivity contribution is -0.132. The van der Waals surface area contributed by atoms with E-state index in [2.05, 4.69) is 46.9 Å². The minimum absolute atomic E-state index is 0.0206. The third kappa shape index (κ3) is 3.44. The molecule has 1 aliphatic heterocycles. The maximum Gasteiger partial charge on any atom is 0.241 e. The van der Waals surface area contributed by atoms with E-state index in [-0.39, 0.29) is 17.6 Å². The summed E-state index contributed by atoms with van der Waals surface area (Å²) in [5.41, 5.74) is 0.162. The van der Waals surface area contributed by atoms with Gasteiger partial charge in [0.15, 0.2) is 0 Å². The molecule has 0 saturated carbocycles. The summed E-state index contributed by atoms with van der Waals surface area (Å²) in [6.45, 7) is 13.8. The fourth-order valence-electron chi connectivity index (χ4n) is 2.38. The number of hydrogen-bond donors (Lipinski definition) is 1. The molecule has 1 fully saturated rings. The van der Waals surface area contributed by atoms with Crippen molar-refractivity contribution in [3.8, 4) is 0 Å². The molecular formula is C14H28N2O. The first-order valence-electron chi connectivity index (χ1n) is 6.86.